The minimum Gasteiger partial charge on any atom is -0.369 e. The zero-order valence-electron chi connectivity index (χ0n) is 16.7. The van der Waals surface area contributed by atoms with E-state index in [1.165, 1.54) is 24.2 Å². The summed E-state index contributed by atoms with van der Waals surface area (Å²) in [5.41, 5.74) is 2.63. The van der Waals surface area contributed by atoms with Crippen LogP contribution in [-0.4, -0.2) is 86.6 Å². The van der Waals surface area contributed by atoms with Gasteiger partial charge in [-0.3, -0.25) is 4.79 Å². The number of anilines is 1. The number of likely N-dealkylation sites (N-methyl/N-ethyl adjacent to an activating group) is 2. The summed E-state index contributed by atoms with van der Waals surface area (Å²) in [7, 11) is 4.34. The molecule has 2 aliphatic heterocycles. The second-order valence-electron chi connectivity index (χ2n) is 7.94. The van der Waals surface area contributed by atoms with E-state index in [9.17, 15) is 4.79 Å². The molecule has 26 heavy (non-hydrogen) atoms. The summed E-state index contributed by atoms with van der Waals surface area (Å²) in [5, 5.41) is 0. The van der Waals surface area contributed by atoms with E-state index in [0.717, 1.165) is 45.7 Å². The van der Waals surface area contributed by atoms with E-state index < -0.39 is 0 Å². The molecular formula is C21H34N4O. The van der Waals surface area contributed by atoms with E-state index in [-0.39, 0.29) is 0 Å². The van der Waals surface area contributed by atoms with Gasteiger partial charge in [-0.05, 0) is 52.0 Å². The summed E-state index contributed by atoms with van der Waals surface area (Å²) in [6.07, 6.45) is 2.90. The Bertz CT molecular complexity index is 605. The van der Waals surface area contributed by atoms with Crippen LogP contribution < -0.4 is 4.90 Å². The van der Waals surface area contributed by atoms with Gasteiger partial charge in [-0.15, -0.1) is 0 Å². The molecule has 2 saturated heterocycles. The van der Waals surface area contributed by atoms with Crippen molar-refractivity contribution in [2.45, 2.75) is 32.2 Å². The van der Waals surface area contributed by atoms with Crippen LogP contribution in [0.3, 0.4) is 0 Å². The fourth-order valence-corrected chi connectivity index (χ4v) is 4.21. The molecule has 144 valence electrons. The van der Waals surface area contributed by atoms with Crippen LogP contribution in [0.15, 0.2) is 24.3 Å². The molecule has 0 saturated carbocycles. The van der Waals surface area contributed by atoms with Crippen LogP contribution in [0.25, 0.3) is 0 Å². The van der Waals surface area contributed by atoms with Crippen LogP contribution in [0.1, 0.15) is 24.8 Å². The maximum Gasteiger partial charge on any atom is 0.223 e. The van der Waals surface area contributed by atoms with Crippen molar-refractivity contribution in [3.05, 3.63) is 29.8 Å². The van der Waals surface area contributed by atoms with Crippen molar-refractivity contribution in [2.24, 2.45) is 0 Å². The molecule has 1 amide bonds. The molecule has 2 heterocycles. The topological polar surface area (TPSA) is 30.0 Å². The molecule has 5 heteroatoms. The van der Waals surface area contributed by atoms with Crippen molar-refractivity contribution in [1.29, 1.82) is 0 Å². The van der Waals surface area contributed by atoms with Gasteiger partial charge < -0.3 is 19.6 Å². The molecular weight excluding hydrogens is 324 g/mol. The maximum absolute atomic E-state index is 12.7. The molecule has 2 aliphatic rings. The van der Waals surface area contributed by atoms with E-state index in [1.807, 2.05) is 0 Å². The average molecular weight is 359 g/mol. The predicted molar refractivity (Wildman–Crippen MR) is 108 cm³/mol. The summed E-state index contributed by atoms with van der Waals surface area (Å²) in [6.45, 7) is 9.02. The molecule has 1 atom stereocenters. The first kappa shape index (κ1) is 19.2. The van der Waals surface area contributed by atoms with Crippen molar-refractivity contribution in [3.8, 4) is 0 Å². The largest absolute Gasteiger partial charge is 0.369 e. The van der Waals surface area contributed by atoms with Crippen molar-refractivity contribution in [1.82, 2.24) is 14.7 Å². The van der Waals surface area contributed by atoms with Crippen LogP contribution in [0.5, 0.6) is 0 Å². The lowest BCUT2D eigenvalue weighted by molar-refractivity contribution is -0.131. The molecule has 2 fully saturated rings. The highest BCUT2D eigenvalue weighted by Gasteiger charge is 2.25. The number of rotatable bonds is 5. The molecule has 0 bridgehead atoms. The lowest BCUT2D eigenvalue weighted by Crippen LogP contribution is -2.39. The van der Waals surface area contributed by atoms with Crippen LogP contribution in [0, 0.1) is 6.92 Å². The van der Waals surface area contributed by atoms with Crippen molar-refractivity contribution < 1.29 is 4.79 Å². The van der Waals surface area contributed by atoms with Crippen LogP contribution >= 0.6 is 0 Å². The molecule has 0 aromatic heterocycles. The van der Waals surface area contributed by atoms with Gasteiger partial charge in [-0.1, -0.05) is 18.2 Å². The third-order valence-corrected chi connectivity index (χ3v) is 5.97. The van der Waals surface area contributed by atoms with E-state index in [2.05, 4.69) is 64.9 Å². The SMILES string of the molecule is Cc1ccccc1N1CCCN(C(=O)CCN(C)C2CCN(C)C2)CC1. The molecule has 0 spiro atoms. The number of amides is 1. The Kier molecular flexibility index (Phi) is 6.54. The van der Waals surface area contributed by atoms with Crippen LogP contribution in [-0.2, 0) is 4.79 Å². The van der Waals surface area contributed by atoms with E-state index in [4.69, 9.17) is 0 Å². The molecule has 3 rings (SSSR count). The van der Waals surface area contributed by atoms with Crippen LogP contribution in [0.2, 0.25) is 0 Å². The number of hydrogen-bond acceptors (Lipinski definition) is 4. The third-order valence-electron chi connectivity index (χ3n) is 5.97. The van der Waals surface area contributed by atoms with Gasteiger partial charge in [-0.25, -0.2) is 0 Å². The molecule has 0 aliphatic carbocycles. The Morgan fingerprint density at radius 3 is 2.69 bits per heavy atom. The number of aryl methyl sites for hydroxylation is 1. The van der Waals surface area contributed by atoms with Gasteiger partial charge in [0.25, 0.3) is 0 Å². The summed E-state index contributed by atoms with van der Waals surface area (Å²) in [4.78, 5) is 22.0. The fourth-order valence-electron chi connectivity index (χ4n) is 4.21. The van der Waals surface area contributed by atoms with Gasteiger partial charge in [0, 0.05) is 57.4 Å². The van der Waals surface area contributed by atoms with E-state index >= 15 is 0 Å². The fraction of sp³-hybridized carbons (Fsp3) is 0.667. The van der Waals surface area contributed by atoms with Crippen molar-refractivity contribution >= 4 is 11.6 Å². The Labute approximate surface area is 158 Å². The Balaban J connectivity index is 1.47. The normalized spacial score (nSPS) is 22.1. The zero-order valence-corrected chi connectivity index (χ0v) is 16.7. The van der Waals surface area contributed by atoms with Crippen molar-refractivity contribution in [2.75, 3.05) is 64.8 Å². The highest BCUT2D eigenvalue weighted by Crippen LogP contribution is 2.21. The van der Waals surface area contributed by atoms with Gasteiger partial charge in [0.2, 0.25) is 5.91 Å². The van der Waals surface area contributed by atoms with Gasteiger partial charge in [0.15, 0.2) is 0 Å². The zero-order chi connectivity index (χ0) is 18.5. The summed E-state index contributed by atoms with van der Waals surface area (Å²) in [5.74, 6) is 0.315. The van der Waals surface area contributed by atoms with E-state index in [0.29, 0.717) is 18.4 Å². The molecule has 1 aromatic rings. The standard InChI is InChI=1S/C21H34N4O/c1-18-7-4-5-8-20(18)24-11-6-12-25(16-15-24)21(26)10-14-23(3)19-9-13-22(2)17-19/h4-5,7-8,19H,6,9-17H2,1-3H3. The first-order valence-electron chi connectivity index (χ1n) is 10.0. The van der Waals surface area contributed by atoms with Gasteiger partial charge in [0.05, 0.1) is 0 Å². The quantitative estimate of drug-likeness (QED) is 0.806. The highest BCUT2D eigenvalue weighted by molar-refractivity contribution is 5.76. The van der Waals surface area contributed by atoms with E-state index in [1.54, 1.807) is 0 Å². The summed E-state index contributed by atoms with van der Waals surface area (Å²) < 4.78 is 0. The maximum atomic E-state index is 12.7. The Hall–Kier alpha value is -1.59. The molecule has 0 N–H and O–H groups in total. The summed E-state index contributed by atoms with van der Waals surface area (Å²) >= 11 is 0. The van der Waals surface area contributed by atoms with Crippen LogP contribution in [0.4, 0.5) is 5.69 Å². The molecule has 0 radical (unpaired) electrons. The van der Waals surface area contributed by atoms with Crippen molar-refractivity contribution in [3.63, 3.8) is 0 Å². The van der Waals surface area contributed by atoms with Gasteiger partial charge >= 0.3 is 0 Å². The minimum atomic E-state index is 0.315. The van der Waals surface area contributed by atoms with Gasteiger partial charge in [-0.2, -0.15) is 0 Å². The second kappa shape index (κ2) is 8.87. The smallest absolute Gasteiger partial charge is 0.223 e. The highest BCUT2D eigenvalue weighted by atomic mass is 16.2. The Morgan fingerprint density at radius 2 is 1.96 bits per heavy atom. The number of carbonyl (C=O) groups is 1. The number of carbonyl (C=O) groups excluding carboxylic acids is 1. The number of nitrogens with zero attached hydrogens (tertiary/aromatic N) is 4. The molecule has 1 unspecified atom stereocenters. The third kappa shape index (κ3) is 4.77. The first-order valence-corrected chi connectivity index (χ1v) is 10.0. The number of benzene rings is 1. The number of para-hydroxylation sites is 1. The first-order chi connectivity index (χ1) is 12.5. The Morgan fingerprint density at radius 1 is 1.15 bits per heavy atom. The van der Waals surface area contributed by atoms with Gasteiger partial charge in [0.1, 0.15) is 0 Å². The minimum absolute atomic E-state index is 0.315. The molecule has 5 nitrogen and oxygen atoms in total. The lowest BCUT2D eigenvalue weighted by Gasteiger charge is -2.27. The number of likely N-dealkylation sites (tertiary alicyclic amines) is 1. The monoisotopic (exact) mass is 358 g/mol. The number of hydrogen-bond donors (Lipinski definition) is 0. The summed E-state index contributed by atoms with van der Waals surface area (Å²) in [6, 6.07) is 9.16. The lowest BCUT2D eigenvalue weighted by atomic mass is 10.2. The predicted octanol–water partition coefficient (Wildman–Crippen LogP) is 2.06. The average Bonchev–Trinajstić information content (AvgIpc) is 2.92. The molecule has 1 aromatic carbocycles. The second-order valence-corrected chi connectivity index (χ2v) is 7.94.